The Morgan fingerprint density at radius 3 is 2.19 bits per heavy atom. The van der Waals surface area contributed by atoms with Gasteiger partial charge in [0.15, 0.2) is 0 Å². The van der Waals surface area contributed by atoms with Crippen molar-refractivity contribution in [2.45, 2.75) is 19.4 Å². The van der Waals surface area contributed by atoms with Gasteiger partial charge in [-0.05, 0) is 23.8 Å². The summed E-state index contributed by atoms with van der Waals surface area (Å²) in [5.74, 6) is -0.451. The molecule has 0 radical (unpaired) electrons. The molecule has 1 atom stereocenters. The van der Waals surface area contributed by atoms with Gasteiger partial charge in [-0.15, -0.1) is 0 Å². The van der Waals surface area contributed by atoms with E-state index < -0.39 is 6.04 Å². The summed E-state index contributed by atoms with van der Waals surface area (Å²) in [7, 11) is 1.52. The molecule has 4 amide bonds. The van der Waals surface area contributed by atoms with Crippen LogP contribution in [0.3, 0.4) is 0 Å². The van der Waals surface area contributed by atoms with Gasteiger partial charge in [-0.3, -0.25) is 9.59 Å². The minimum absolute atomic E-state index is 0.0939. The van der Waals surface area contributed by atoms with E-state index in [0.29, 0.717) is 11.4 Å². The zero-order valence-corrected chi connectivity index (χ0v) is 14.7. The quantitative estimate of drug-likeness (QED) is 0.642. The molecule has 7 heteroatoms. The predicted octanol–water partition coefficient (Wildman–Crippen LogP) is 2.64. The van der Waals surface area contributed by atoms with Crippen molar-refractivity contribution in [3.05, 3.63) is 60.2 Å². The number of nitrogens with one attached hydrogen (secondary N) is 4. The average Bonchev–Trinajstić information content (AvgIpc) is 2.61. The third-order valence-electron chi connectivity index (χ3n) is 3.60. The predicted molar refractivity (Wildman–Crippen MR) is 101 cm³/mol. The molecule has 0 saturated carbocycles. The number of hydrogen-bond acceptors (Lipinski definition) is 3. The second kappa shape index (κ2) is 9.22. The first-order valence-corrected chi connectivity index (χ1v) is 8.18. The lowest BCUT2D eigenvalue weighted by molar-refractivity contribution is -0.120. The van der Waals surface area contributed by atoms with E-state index in [1.54, 1.807) is 24.3 Å². The summed E-state index contributed by atoms with van der Waals surface area (Å²) < 4.78 is 0. The SMILES string of the molecule is CNC(=O)Nc1cccc(NC(=O)CC(NC(C)=O)c2ccccc2)c1. The minimum Gasteiger partial charge on any atom is -0.349 e. The molecule has 0 spiro atoms. The van der Waals surface area contributed by atoms with Gasteiger partial charge < -0.3 is 21.3 Å². The van der Waals surface area contributed by atoms with Gasteiger partial charge in [0.05, 0.1) is 12.5 Å². The van der Waals surface area contributed by atoms with Crippen LogP contribution in [0.4, 0.5) is 16.2 Å². The number of amides is 4. The van der Waals surface area contributed by atoms with Crippen LogP contribution >= 0.6 is 0 Å². The van der Waals surface area contributed by atoms with Crippen LogP contribution in [0.2, 0.25) is 0 Å². The Balaban J connectivity index is 2.05. The Morgan fingerprint density at radius 2 is 1.58 bits per heavy atom. The van der Waals surface area contributed by atoms with Crippen molar-refractivity contribution in [1.29, 1.82) is 0 Å². The Morgan fingerprint density at radius 1 is 0.923 bits per heavy atom. The maximum atomic E-state index is 12.4. The summed E-state index contributed by atoms with van der Waals surface area (Å²) in [5, 5.41) is 10.7. The third kappa shape index (κ3) is 5.94. The molecule has 1 unspecified atom stereocenters. The molecule has 2 aromatic carbocycles. The highest BCUT2D eigenvalue weighted by molar-refractivity contribution is 5.94. The van der Waals surface area contributed by atoms with Crippen molar-refractivity contribution in [1.82, 2.24) is 10.6 Å². The highest BCUT2D eigenvalue weighted by Gasteiger charge is 2.17. The number of rotatable bonds is 6. The molecule has 7 nitrogen and oxygen atoms in total. The molecule has 0 saturated heterocycles. The molecule has 0 aromatic heterocycles. The summed E-state index contributed by atoms with van der Waals surface area (Å²) in [4.78, 5) is 35.2. The van der Waals surface area contributed by atoms with E-state index in [1.165, 1.54) is 14.0 Å². The fourth-order valence-electron chi connectivity index (χ4n) is 2.45. The van der Waals surface area contributed by atoms with Crippen molar-refractivity contribution in [2.24, 2.45) is 0 Å². The van der Waals surface area contributed by atoms with Crippen molar-refractivity contribution in [2.75, 3.05) is 17.7 Å². The van der Waals surface area contributed by atoms with Crippen LogP contribution in [0, 0.1) is 0 Å². The van der Waals surface area contributed by atoms with Gasteiger partial charge in [0.1, 0.15) is 0 Å². The number of hydrogen-bond donors (Lipinski definition) is 4. The normalized spacial score (nSPS) is 11.2. The van der Waals surface area contributed by atoms with Gasteiger partial charge in [0, 0.05) is 25.3 Å². The minimum atomic E-state index is -0.416. The van der Waals surface area contributed by atoms with Crippen molar-refractivity contribution >= 4 is 29.2 Å². The van der Waals surface area contributed by atoms with Gasteiger partial charge in [-0.25, -0.2) is 4.79 Å². The van der Waals surface area contributed by atoms with Gasteiger partial charge >= 0.3 is 6.03 Å². The lowest BCUT2D eigenvalue weighted by Crippen LogP contribution is -2.29. The maximum absolute atomic E-state index is 12.4. The van der Waals surface area contributed by atoms with Gasteiger partial charge in [0.2, 0.25) is 11.8 Å². The first-order chi connectivity index (χ1) is 12.5. The summed E-state index contributed by atoms with van der Waals surface area (Å²) in [6.07, 6.45) is 0.0939. The van der Waals surface area contributed by atoms with Crippen LogP contribution < -0.4 is 21.3 Å². The van der Waals surface area contributed by atoms with E-state index in [2.05, 4.69) is 21.3 Å². The first-order valence-electron chi connectivity index (χ1n) is 8.18. The van der Waals surface area contributed by atoms with Crippen LogP contribution in [-0.4, -0.2) is 24.9 Å². The highest BCUT2D eigenvalue weighted by Crippen LogP contribution is 2.19. The summed E-state index contributed by atoms with van der Waals surface area (Å²) >= 11 is 0. The molecular formula is C19H22N4O3. The van der Waals surface area contributed by atoms with Crippen LogP contribution in [0.1, 0.15) is 24.9 Å². The lowest BCUT2D eigenvalue weighted by Gasteiger charge is -2.18. The second-order valence-corrected chi connectivity index (χ2v) is 5.70. The molecule has 0 heterocycles. The first kappa shape index (κ1) is 19.0. The number of urea groups is 1. The molecule has 0 bridgehead atoms. The van der Waals surface area contributed by atoms with Gasteiger partial charge in [-0.2, -0.15) is 0 Å². The standard InChI is InChI=1S/C19H22N4O3/c1-13(24)21-17(14-7-4-3-5-8-14)12-18(25)22-15-9-6-10-16(11-15)23-19(26)20-2/h3-11,17H,12H2,1-2H3,(H,21,24)(H,22,25)(H2,20,23,26). The molecule has 26 heavy (non-hydrogen) atoms. The Labute approximate surface area is 152 Å². The fraction of sp³-hybridized carbons (Fsp3) is 0.211. The zero-order chi connectivity index (χ0) is 18.9. The van der Waals surface area contributed by atoms with Crippen LogP contribution in [-0.2, 0) is 9.59 Å². The third-order valence-corrected chi connectivity index (χ3v) is 3.60. The van der Waals surface area contributed by atoms with Gasteiger partial charge in [-0.1, -0.05) is 36.4 Å². The van der Waals surface area contributed by atoms with E-state index in [0.717, 1.165) is 5.56 Å². The Kier molecular flexibility index (Phi) is 6.73. The Hall–Kier alpha value is -3.35. The van der Waals surface area contributed by atoms with Crippen LogP contribution in [0.15, 0.2) is 54.6 Å². The number of carbonyl (C=O) groups excluding carboxylic acids is 3. The second-order valence-electron chi connectivity index (χ2n) is 5.70. The average molecular weight is 354 g/mol. The topological polar surface area (TPSA) is 99.3 Å². The molecule has 4 N–H and O–H groups in total. The van der Waals surface area contributed by atoms with E-state index in [-0.39, 0.29) is 24.3 Å². The zero-order valence-electron chi connectivity index (χ0n) is 14.7. The molecule has 2 rings (SSSR count). The molecule has 0 aliphatic rings. The number of benzene rings is 2. The highest BCUT2D eigenvalue weighted by atomic mass is 16.2. The van der Waals surface area contributed by atoms with E-state index in [1.807, 2.05) is 30.3 Å². The van der Waals surface area contributed by atoms with E-state index in [4.69, 9.17) is 0 Å². The van der Waals surface area contributed by atoms with Crippen LogP contribution in [0.5, 0.6) is 0 Å². The van der Waals surface area contributed by atoms with Crippen molar-refractivity contribution < 1.29 is 14.4 Å². The Bertz CT molecular complexity index is 777. The summed E-state index contributed by atoms with van der Waals surface area (Å²) in [6, 6.07) is 15.4. The molecule has 0 fully saturated rings. The lowest BCUT2D eigenvalue weighted by atomic mass is 10.0. The number of anilines is 2. The molecule has 136 valence electrons. The van der Waals surface area contributed by atoms with Gasteiger partial charge in [0.25, 0.3) is 0 Å². The smallest absolute Gasteiger partial charge is 0.318 e. The van der Waals surface area contributed by atoms with Crippen molar-refractivity contribution in [3.63, 3.8) is 0 Å². The molecule has 0 aliphatic carbocycles. The van der Waals surface area contributed by atoms with Crippen LogP contribution in [0.25, 0.3) is 0 Å². The molecular weight excluding hydrogens is 332 g/mol. The maximum Gasteiger partial charge on any atom is 0.318 e. The van der Waals surface area contributed by atoms with E-state index >= 15 is 0 Å². The fourth-order valence-corrected chi connectivity index (χ4v) is 2.45. The largest absolute Gasteiger partial charge is 0.349 e. The summed E-state index contributed by atoms with van der Waals surface area (Å²) in [5.41, 5.74) is 1.97. The number of carbonyl (C=O) groups is 3. The molecule has 2 aromatic rings. The monoisotopic (exact) mass is 354 g/mol. The van der Waals surface area contributed by atoms with E-state index in [9.17, 15) is 14.4 Å². The molecule has 0 aliphatic heterocycles. The summed E-state index contributed by atoms with van der Waals surface area (Å²) in [6.45, 7) is 1.42. The van der Waals surface area contributed by atoms with Crippen molar-refractivity contribution in [3.8, 4) is 0 Å².